The zero-order valence-electron chi connectivity index (χ0n) is 37.1. The van der Waals surface area contributed by atoms with Gasteiger partial charge in [0.2, 0.25) is 0 Å². The zero-order valence-corrected chi connectivity index (χ0v) is 37.1. The van der Waals surface area contributed by atoms with Crippen LogP contribution in [0.4, 0.5) is 0 Å². The van der Waals surface area contributed by atoms with Gasteiger partial charge in [0.05, 0.1) is 27.8 Å². The van der Waals surface area contributed by atoms with Crippen LogP contribution in [-0.2, 0) is 0 Å². The standard InChI is InChI=1S/C63H39N5O/c1-2-21-42(22-3-1)68-53-30-12-10-25-46(53)47-27-15-29-50(60(47)68)62-64-61(48-28-14-20-38-16-6-8-23-44(38)48)65-63(66-62)52-36-43(37-57-59(52)49-26-11-13-31-56(49)69-57)67-54-33-32-39-17-7-9-24-45(39)58(54)51-34-40-18-4-5-19-41(40)35-55(51)67/h1-37,61H,(H,64,65,66). The smallest absolute Gasteiger partial charge is 0.161 e. The molecule has 322 valence electrons. The lowest BCUT2D eigenvalue weighted by atomic mass is 10.00. The second kappa shape index (κ2) is 14.6. The van der Waals surface area contributed by atoms with E-state index in [1.807, 2.05) is 6.07 Å². The van der Waals surface area contributed by atoms with Gasteiger partial charge in [0.1, 0.15) is 23.2 Å². The summed E-state index contributed by atoms with van der Waals surface area (Å²) in [4.78, 5) is 11.3. The van der Waals surface area contributed by atoms with E-state index in [0.29, 0.717) is 11.7 Å². The molecule has 1 atom stereocenters. The van der Waals surface area contributed by atoms with E-state index in [1.54, 1.807) is 0 Å². The maximum Gasteiger partial charge on any atom is 0.161 e. The van der Waals surface area contributed by atoms with Gasteiger partial charge in [-0.05, 0) is 86.9 Å². The van der Waals surface area contributed by atoms with Crippen LogP contribution in [0.25, 0.3) is 109 Å². The van der Waals surface area contributed by atoms with Crippen LogP contribution in [0.5, 0.6) is 0 Å². The molecule has 1 aliphatic heterocycles. The fraction of sp³-hybridized carbons (Fsp3) is 0.0159. The molecule has 0 amide bonds. The summed E-state index contributed by atoms with van der Waals surface area (Å²) in [7, 11) is 0. The largest absolute Gasteiger partial charge is 0.456 e. The van der Waals surface area contributed by atoms with Crippen LogP contribution in [0.2, 0.25) is 0 Å². The fourth-order valence-electron chi connectivity index (χ4n) is 11.3. The summed E-state index contributed by atoms with van der Waals surface area (Å²) in [5, 5.41) is 17.8. The first-order valence-electron chi connectivity index (χ1n) is 23.5. The lowest BCUT2D eigenvalue weighted by molar-refractivity contribution is 0.668. The Balaban J connectivity index is 1.04. The summed E-state index contributed by atoms with van der Waals surface area (Å²) in [5.74, 6) is 1.36. The molecule has 4 heterocycles. The van der Waals surface area contributed by atoms with E-state index in [9.17, 15) is 0 Å². The minimum absolute atomic E-state index is 0.480. The maximum absolute atomic E-state index is 6.89. The summed E-state index contributed by atoms with van der Waals surface area (Å²) in [6, 6.07) is 80.3. The molecular formula is C63H39N5O. The van der Waals surface area contributed by atoms with E-state index in [4.69, 9.17) is 14.4 Å². The number of aliphatic imine (C=N–C) groups is 2. The Morgan fingerprint density at radius 1 is 0.391 bits per heavy atom. The van der Waals surface area contributed by atoms with Crippen molar-refractivity contribution in [2.75, 3.05) is 0 Å². The first-order chi connectivity index (χ1) is 34.2. The summed E-state index contributed by atoms with van der Waals surface area (Å²) in [5.41, 5.74) is 11.0. The number of hydrogen-bond donors (Lipinski definition) is 1. The minimum atomic E-state index is -0.480. The molecule has 6 heteroatoms. The van der Waals surface area contributed by atoms with E-state index in [0.717, 1.165) is 88.2 Å². The van der Waals surface area contributed by atoms with Gasteiger partial charge in [-0.2, -0.15) is 0 Å². The second-order valence-corrected chi connectivity index (χ2v) is 18.1. The van der Waals surface area contributed by atoms with Gasteiger partial charge in [-0.25, -0.2) is 9.98 Å². The highest BCUT2D eigenvalue weighted by Crippen LogP contribution is 2.42. The number of rotatable bonds is 5. The molecule has 0 saturated heterocycles. The normalized spacial score (nSPS) is 14.2. The second-order valence-electron chi connectivity index (χ2n) is 18.1. The number of amidine groups is 2. The Morgan fingerprint density at radius 2 is 1.06 bits per heavy atom. The van der Waals surface area contributed by atoms with Gasteiger partial charge >= 0.3 is 0 Å². The Hall–Kier alpha value is -9.26. The third kappa shape index (κ3) is 5.66. The lowest BCUT2D eigenvalue weighted by Gasteiger charge is -2.26. The molecule has 1 aliphatic rings. The maximum atomic E-state index is 6.89. The van der Waals surface area contributed by atoms with Gasteiger partial charge in [0.15, 0.2) is 5.84 Å². The summed E-state index contributed by atoms with van der Waals surface area (Å²) >= 11 is 0. The number of aromatic nitrogens is 2. The van der Waals surface area contributed by atoms with Gasteiger partial charge < -0.3 is 18.9 Å². The number of nitrogens with zero attached hydrogens (tertiary/aromatic N) is 4. The van der Waals surface area contributed by atoms with Crippen molar-refractivity contribution in [3.63, 3.8) is 0 Å². The van der Waals surface area contributed by atoms with E-state index in [-0.39, 0.29) is 0 Å². The molecular weight excluding hydrogens is 843 g/mol. The summed E-state index contributed by atoms with van der Waals surface area (Å²) in [6.45, 7) is 0. The van der Waals surface area contributed by atoms with Crippen molar-refractivity contribution in [1.29, 1.82) is 0 Å². The third-order valence-corrected chi connectivity index (χ3v) is 14.3. The van der Waals surface area contributed by atoms with E-state index in [1.165, 1.54) is 37.7 Å². The highest BCUT2D eigenvalue weighted by molar-refractivity contribution is 6.27. The van der Waals surface area contributed by atoms with Gasteiger partial charge in [0, 0.05) is 60.8 Å². The van der Waals surface area contributed by atoms with Gasteiger partial charge in [0.25, 0.3) is 0 Å². The highest BCUT2D eigenvalue weighted by atomic mass is 16.3. The number of fused-ring (bicyclic) bond motifs is 13. The van der Waals surface area contributed by atoms with Crippen molar-refractivity contribution < 1.29 is 4.42 Å². The van der Waals surface area contributed by atoms with Crippen LogP contribution in [0, 0.1) is 0 Å². The van der Waals surface area contributed by atoms with Crippen LogP contribution in [0.15, 0.2) is 239 Å². The third-order valence-electron chi connectivity index (χ3n) is 14.3. The molecule has 1 unspecified atom stereocenters. The Kier molecular flexibility index (Phi) is 8.03. The molecule has 0 fully saturated rings. The Bertz CT molecular complexity index is 4530. The molecule has 1 N–H and O–H groups in total. The van der Waals surface area contributed by atoms with Gasteiger partial charge in [-0.1, -0.05) is 164 Å². The van der Waals surface area contributed by atoms with Crippen molar-refractivity contribution in [3.8, 4) is 11.4 Å². The SMILES string of the molecule is c1ccc(-n2c3ccccc3c3cccc(C4=NC(c5cccc6ccccc56)NC(c5cc(-n6c7cc8ccccc8cc7c7c8ccccc8ccc76)cc6oc7ccccc7c56)=N4)c32)cc1. The molecule has 0 bridgehead atoms. The molecule has 69 heavy (non-hydrogen) atoms. The summed E-state index contributed by atoms with van der Waals surface area (Å²) in [6.07, 6.45) is -0.480. The van der Waals surface area contributed by atoms with Crippen LogP contribution in [-0.4, -0.2) is 20.8 Å². The molecule has 3 aromatic heterocycles. The predicted molar refractivity (Wildman–Crippen MR) is 287 cm³/mol. The van der Waals surface area contributed by atoms with Crippen molar-refractivity contribution in [3.05, 3.63) is 241 Å². The van der Waals surface area contributed by atoms with E-state index in [2.05, 4.69) is 233 Å². The molecule has 0 aliphatic carbocycles. The quantitative estimate of drug-likeness (QED) is 0.187. The molecule has 11 aromatic carbocycles. The van der Waals surface area contributed by atoms with Crippen LogP contribution >= 0.6 is 0 Å². The van der Waals surface area contributed by atoms with Crippen LogP contribution in [0.3, 0.4) is 0 Å². The van der Waals surface area contributed by atoms with E-state index < -0.39 is 6.17 Å². The van der Waals surface area contributed by atoms with Gasteiger partial charge in [-0.15, -0.1) is 0 Å². The Labute approximate surface area is 395 Å². The zero-order chi connectivity index (χ0) is 45.2. The van der Waals surface area contributed by atoms with Crippen molar-refractivity contribution in [2.45, 2.75) is 6.17 Å². The number of hydrogen-bond acceptors (Lipinski definition) is 4. The molecule has 6 nitrogen and oxygen atoms in total. The average Bonchev–Trinajstić information content (AvgIpc) is 4.07. The predicted octanol–water partition coefficient (Wildman–Crippen LogP) is 15.7. The molecule has 14 aromatic rings. The number of para-hydroxylation sites is 4. The van der Waals surface area contributed by atoms with Crippen LogP contribution in [0.1, 0.15) is 22.9 Å². The monoisotopic (exact) mass is 881 g/mol. The lowest BCUT2D eigenvalue weighted by Crippen LogP contribution is -2.34. The number of benzene rings is 11. The first kappa shape index (κ1) is 37.9. The van der Waals surface area contributed by atoms with Crippen molar-refractivity contribution >= 4 is 110 Å². The fourth-order valence-corrected chi connectivity index (χ4v) is 11.3. The number of furan rings is 1. The number of nitrogens with one attached hydrogen (secondary N) is 1. The van der Waals surface area contributed by atoms with Crippen molar-refractivity contribution in [1.82, 2.24) is 14.5 Å². The first-order valence-corrected chi connectivity index (χ1v) is 23.5. The molecule has 15 rings (SSSR count). The summed E-state index contributed by atoms with van der Waals surface area (Å²) < 4.78 is 11.7. The van der Waals surface area contributed by atoms with Crippen molar-refractivity contribution in [2.24, 2.45) is 9.98 Å². The van der Waals surface area contributed by atoms with Gasteiger partial charge in [-0.3, -0.25) is 0 Å². The molecule has 0 spiro atoms. The van der Waals surface area contributed by atoms with Crippen LogP contribution < -0.4 is 5.32 Å². The van der Waals surface area contributed by atoms with E-state index >= 15 is 0 Å². The molecule has 0 radical (unpaired) electrons. The highest BCUT2D eigenvalue weighted by Gasteiger charge is 2.28. The topological polar surface area (TPSA) is 59.8 Å². The molecule has 0 saturated carbocycles. The Morgan fingerprint density at radius 3 is 1.91 bits per heavy atom. The average molecular weight is 882 g/mol. The minimum Gasteiger partial charge on any atom is -0.456 e.